The molecular formula is C19H27N3O4. The van der Waals surface area contributed by atoms with E-state index in [0.29, 0.717) is 26.5 Å². The Balaban J connectivity index is 1.77. The lowest BCUT2D eigenvalue weighted by Crippen LogP contribution is -2.51. The van der Waals surface area contributed by atoms with Gasteiger partial charge in [-0.3, -0.25) is 19.9 Å². The van der Waals surface area contributed by atoms with E-state index in [2.05, 4.69) is 17.1 Å². The molecule has 2 heterocycles. The van der Waals surface area contributed by atoms with Gasteiger partial charge in [-0.25, -0.2) is 4.79 Å². The average molecular weight is 361 g/mol. The van der Waals surface area contributed by atoms with Crippen molar-refractivity contribution in [1.82, 2.24) is 15.1 Å². The molecule has 2 fully saturated rings. The molecule has 7 heteroatoms. The Morgan fingerprint density at radius 3 is 2.54 bits per heavy atom. The number of benzene rings is 1. The van der Waals surface area contributed by atoms with Crippen LogP contribution in [0.5, 0.6) is 5.75 Å². The molecule has 1 N–H and O–H groups in total. The first kappa shape index (κ1) is 18.7. The lowest BCUT2D eigenvalue weighted by Gasteiger charge is -2.37. The predicted molar refractivity (Wildman–Crippen MR) is 96.8 cm³/mol. The maximum absolute atomic E-state index is 12.6. The fourth-order valence-electron chi connectivity index (χ4n) is 3.26. The molecule has 2 saturated heterocycles. The molecule has 142 valence electrons. The van der Waals surface area contributed by atoms with E-state index >= 15 is 0 Å². The number of unbranched alkanes of at least 4 members (excludes halogenated alkanes) is 1. The second-order valence-electron chi connectivity index (χ2n) is 6.86. The van der Waals surface area contributed by atoms with E-state index in [1.54, 1.807) is 11.8 Å². The maximum Gasteiger partial charge on any atom is 0.326 e. The first-order chi connectivity index (χ1) is 12.6. The van der Waals surface area contributed by atoms with Crippen LogP contribution in [0.25, 0.3) is 0 Å². The molecule has 1 aromatic carbocycles. The van der Waals surface area contributed by atoms with E-state index < -0.39 is 5.54 Å². The van der Waals surface area contributed by atoms with Crippen molar-refractivity contribution in [2.24, 2.45) is 0 Å². The molecule has 0 spiro atoms. The first-order valence-corrected chi connectivity index (χ1v) is 9.22. The summed E-state index contributed by atoms with van der Waals surface area (Å²) >= 11 is 0. The molecule has 3 rings (SSSR count). The highest BCUT2D eigenvalue weighted by Gasteiger charge is 2.51. The van der Waals surface area contributed by atoms with Gasteiger partial charge in [0.25, 0.3) is 5.91 Å². The van der Waals surface area contributed by atoms with Gasteiger partial charge >= 0.3 is 6.03 Å². The van der Waals surface area contributed by atoms with E-state index in [4.69, 9.17) is 9.47 Å². The van der Waals surface area contributed by atoms with Crippen LogP contribution < -0.4 is 10.1 Å². The number of hydrogen-bond donors (Lipinski definition) is 1. The number of carbonyl (C=O) groups excluding carboxylic acids is 2. The number of amides is 3. The lowest BCUT2D eigenvalue weighted by atomic mass is 9.90. The molecule has 3 amide bonds. The molecule has 0 aromatic heterocycles. The smallest absolute Gasteiger partial charge is 0.326 e. The summed E-state index contributed by atoms with van der Waals surface area (Å²) in [6, 6.07) is 7.10. The van der Waals surface area contributed by atoms with Crippen molar-refractivity contribution in [1.29, 1.82) is 0 Å². The van der Waals surface area contributed by atoms with Gasteiger partial charge in [-0.1, -0.05) is 25.5 Å². The van der Waals surface area contributed by atoms with Gasteiger partial charge in [0.15, 0.2) is 0 Å². The van der Waals surface area contributed by atoms with E-state index in [-0.39, 0.29) is 11.9 Å². The molecule has 0 radical (unpaired) electrons. The molecule has 1 atom stereocenters. The molecule has 2 aliphatic heterocycles. The van der Waals surface area contributed by atoms with Crippen LogP contribution in [-0.2, 0) is 15.1 Å². The molecule has 1 unspecified atom stereocenters. The molecule has 7 nitrogen and oxygen atoms in total. The monoisotopic (exact) mass is 361 g/mol. The van der Waals surface area contributed by atoms with Crippen molar-refractivity contribution in [2.75, 3.05) is 39.6 Å². The zero-order chi connectivity index (χ0) is 18.6. The summed E-state index contributed by atoms with van der Waals surface area (Å²) in [6.45, 7) is 7.76. The summed E-state index contributed by atoms with van der Waals surface area (Å²) in [4.78, 5) is 28.7. The molecule has 0 aliphatic carbocycles. The third kappa shape index (κ3) is 3.68. The second-order valence-corrected chi connectivity index (χ2v) is 6.86. The van der Waals surface area contributed by atoms with Crippen molar-refractivity contribution in [3.63, 3.8) is 0 Å². The molecular weight excluding hydrogens is 334 g/mol. The quantitative estimate of drug-likeness (QED) is 0.593. The van der Waals surface area contributed by atoms with Crippen LogP contribution in [0, 0.1) is 0 Å². The number of carbonyl (C=O) groups is 2. The standard InChI is InChI=1S/C19H27N3O4/c1-3-4-11-26-16-7-5-15(6-8-16)19(2)17(23)20-18(24)22(19)14-21-9-12-25-13-10-21/h5-8H,3-4,9-14H2,1-2H3,(H,20,23,24). The van der Waals surface area contributed by atoms with Crippen LogP contribution >= 0.6 is 0 Å². The number of nitrogens with one attached hydrogen (secondary N) is 1. The van der Waals surface area contributed by atoms with Gasteiger partial charge < -0.3 is 9.47 Å². The van der Waals surface area contributed by atoms with Gasteiger partial charge in [-0.05, 0) is 31.0 Å². The van der Waals surface area contributed by atoms with Gasteiger partial charge in [0.2, 0.25) is 0 Å². The summed E-state index contributed by atoms with van der Waals surface area (Å²) < 4.78 is 11.1. The Kier molecular flexibility index (Phi) is 5.78. The number of rotatable bonds is 7. The summed E-state index contributed by atoms with van der Waals surface area (Å²) in [7, 11) is 0. The number of ether oxygens (including phenoxy) is 2. The molecule has 1 aromatic rings. The van der Waals surface area contributed by atoms with Gasteiger partial charge in [0.1, 0.15) is 11.3 Å². The molecule has 26 heavy (non-hydrogen) atoms. The Morgan fingerprint density at radius 1 is 1.19 bits per heavy atom. The minimum absolute atomic E-state index is 0.296. The topological polar surface area (TPSA) is 71.1 Å². The SMILES string of the molecule is CCCCOc1ccc(C2(C)C(=O)NC(=O)N2CN2CCOCC2)cc1. The Bertz CT molecular complexity index is 643. The van der Waals surface area contributed by atoms with Crippen LogP contribution in [0.3, 0.4) is 0 Å². The molecule has 0 saturated carbocycles. The van der Waals surface area contributed by atoms with E-state index in [1.165, 1.54) is 0 Å². The number of nitrogens with zero attached hydrogens (tertiary/aromatic N) is 2. The number of hydrogen-bond acceptors (Lipinski definition) is 5. The number of imide groups is 1. The highest BCUT2D eigenvalue weighted by molar-refractivity contribution is 6.07. The van der Waals surface area contributed by atoms with Crippen LogP contribution in [0.15, 0.2) is 24.3 Å². The Morgan fingerprint density at radius 2 is 1.88 bits per heavy atom. The number of morpholine rings is 1. The third-order valence-electron chi connectivity index (χ3n) is 5.08. The predicted octanol–water partition coefficient (Wildman–Crippen LogP) is 1.92. The average Bonchev–Trinajstić information content (AvgIpc) is 2.87. The summed E-state index contributed by atoms with van der Waals surface area (Å²) in [5.41, 5.74) is -0.255. The molecule has 2 aliphatic rings. The third-order valence-corrected chi connectivity index (χ3v) is 5.08. The van der Waals surface area contributed by atoms with Crippen LogP contribution in [-0.4, -0.2) is 61.3 Å². The van der Waals surface area contributed by atoms with Crippen LogP contribution in [0.1, 0.15) is 32.3 Å². The highest BCUT2D eigenvalue weighted by Crippen LogP contribution is 2.34. The fraction of sp³-hybridized carbons (Fsp3) is 0.579. The zero-order valence-corrected chi connectivity index (χ0v) is 15.5. The van der Waals surface area contributed by atoms with E-state index in [9.17, 15) is 9.59 Å². The Labute approximate surface area is 154 Å². The van der Waals surface area contributed by atoms with Gasteiger partial charge in [0.05, 0.1) is 26.5 Å². The Hall–Kier alpha value is -2.12. The van der Waals surface area contributed by atoms with E-state index in [1.807, 2.05) is 24.3 Å². The summed E-state index contributed by atoms with van der Waals surface area (Å²) in [5.74, 6) is 0.477. The van der Waals surface area contributed by atoms with Gasteiger partial charge in [-0.2, -0.15) is 0 Å². The van der Waals surface area contributed by atoms with Crippen molar-refractivity contribution < 1.29 is 19.1 Å². The van der Waals surface area contributed by atoms with Crippen molar-refractivity contribution in [3.05, 3.63) is 29.8 Å². The summed E-state index contributed by atoms with van der Waals surface area (Å²) in [6.07, 6.45) is 2.08. The highest BCUT2D eigenvalue weighted by atomic mass is 16.5. The maximum atomic E-state index is 12.6. The first-order valence-electron chi connectivity index (χ1n) is 9.22. The van der Waals surface area contributed by atoms with E-state index in [0.717, 1.165) is 37.2 Å². The fourth-order valence-corrected chi connectivity index (χ4v) is 3.26. The van der Waals surface area contributed by atoms with Crippen LogP contribution in [0.2, 0.25) is 0 Å². The zero-order valence-electron chi connectivity index (χ0n) is 15.5. The summed E-state index contributed by atoms with van der Waals surface area (Å²) in [5, 5.41) is 2.46. The normalized spacial score (nSPS) is 24.0. The van der Waals surface area contributed by atoms with Gasteiger partial charge in [0, 0.05) is 13.1 Å². The largest absolute Gasteiger partial charge is 0.494 e. The van der Waals surface area contributed by atoms with Crippen molar-refractivity contribution in [2.45, 2.75) is 32.2 Å². The van der Waals surface area contributed by atoms with Crippen LogP contribution in [0.4, 0.5) is 4.79 Å². The van der Waals surface area contributed by atoms with Gasteiger partial charge in [-0.15, -0.1) is 0 Å². The second kappa shape index (κ2) is 8.05. The van der Waals surface area contributed by atoms with Crippen molar-refractivity contribution in [3.8, 4) is 5.75 Å². The number of urea groups is 1. The van der Waals surface area contributed by atoms with Crippen molar-refractivity contribution >= 4 is 11.9 Å². The molecule has 0 bridgehead atoms. The minimum Gasteiger partial charge on any atom is -0.494 e. The lowest BCUT2D eigenvalue weighted by molar-refractivity contribution is -0.127. The minimum atomic E-state index is -1.03.